The molecular weight excluding hydrogens is 341 g/mol. The van der Waals surface area contributed by atoms with Crippen LogP contribution in [-0.4, -0.2) is 61.5 Å². The zero-order valence-corrected chi connectivity index (χ0v) is 13.4. The third kappa shape index (κ3) is 2.94. The molecule has 0 aliphatic carbocycles. The number of benzene rings is 1. The maximum Gasteiger partial charge on any atom is 0.407 e. The largest absolute Gasteiger partial charge is 0.465 e. The molecule has 0 radical (unpaired) electrons. The number of carbonyl (C=O) groups excluding carboxylic acids is 1. The molecule has 24 heavy (non-hydrogen) atoms. The van der Waals surface area contributed by atoms with Gasteiger partial charge in [0.2, 0.25) is 10.0 Å². The zero-order valence-electron chi connectivity index (χ0n) is 12.6. The minimum atomic E-state index is -4.04. The van der Waals surface area contributed by atoms with Crippen molar-refractivity contribution >= 4 is 22.0 Å². The summed E-state index contributed by atoms with van der Waals surface area (Å²) in [7, 11) is -4.04. The van der Waals surface area contributed by atoms with Crippen LogP contribution in [-0.2, 0) is 10.0 Å². The SMILES string of the molecule is NS(=O)(=O)c1ccc(C(=O)N2C[C@H]3CN(C(=O)O)C[C@@H]3C2)c(F)c1. The van der Waals surface area contributed by atoms with Crippen molar-refractivity contribution in [2.45, 2.75) is 4.90 Å². The van der Waals surface area contributed by atoms with E-state index >= 15 is 0 Å². The van der Waals surface area contributed by atoms with Crippen molar-refractivity contribution in [3.05, 3.63) is 29.6 Å². The van der Waals surface area contributed by atoms with E-state index in [1.54, 1.807) is 0 Å². The Bertz CT molecular complexity index is 799. The van der Waals surface area contributed by atoms with E-state index in [4.69, 9.17) is 10.2 Å². The van der Waals surface area contributed by atoms with E-state index in [1.165, 1.54) is 9.80 Å². The van der Waals surface area contributed by atoms with Crippen LogP contribution in [0.2, 0.25) is 0 Å². The monoisotopic (exact) mass is 357 g/mol. The highest BCUT2D eigenvalue weighted by molar-refractivity contribution is 7.89. The molecule has 0 spiro atoms. The van der Waals surface area contributed by atoms with Gasteiger partial charge in [-0.15, -0.1) is 0 Å². The molecule has 0 bridgehead atoms. The standard InChI is InChI=1S/C14H16FN3O5S/c15-12-3-10(24(16,22)23)1-2-11(12)13(19)17-4-8-6-18(14(20)21)7-9(8)5-17/h1-3,8-9H,4-7H2,(H,20,21)(H2,16,22,23)/t8-,9-/m0/s1. The van der Waals surface area contributed by atoms with Gasteiger partial charge in [0.05, 0.1) is 10.5 Å². The average Bonchev–Trinajstić information content (AvgIpc) is 3.03. The van der Waals surface area contributed by atoms with E-state index in [9.17, 15) is 22.4 Å². The smallest absolute Gasteiger partial charge is 0.407 e. The molecular formula is C14H16FN3O5S. The summed E-state index contributed by atoms with van der Waals surface area (Å²) in [6.45, 7) is 1.42. The van der Waals surface area contributed by atoms with E-state index in [1.807, 2.05) is 0 Å². The van der Waals surface area contributed by atoms with Crippen LogP contribution >= 0.6 is 0 Å². The molecule has 0 saturated carbocycles. The summed E-state index contributed by atoms with van der Waals surface area (Å²) in [5.74, 6) is -1.41. The first-order chi connectivity index (χ1) is 11.2. The number of sulfonamides is 1. The van der Waals surface area contributed by atoms with Crippen molar-refractivity contribution in [2.75, 3.05) is 26.2 Å². The van der Waals surface area contributed by atoms with E-state index in [0.29, 0.717) is 26.2 Å². The Morgan fingerprint density at radius 3 is 2.12 bits per heavy atom. The Hall–Kier alpha value is -2.20. The number of hydrogen-bond acceptors (Lipinski definition) is 4. The first-order valence-electron chi connectivity index (χ1n) is 7.26. The summed E-state index contributed by atoms with van der Waals surface area (Å²) in [6.07, 6.45) is -0.980. The summed E-state index contributed by atoms with van der Waals surface area (Å²) >= 11 is 0. The molecule has 2 saturated heterocycles. The van der Waals surface area contributed by atoms with Crippen LogP contribution in [0.4, 0.5) is 9.18 Å². The van der Waals surface area contributed by atoms with Gasteiger partial charge in [0.15, 0.2) is 0 Å². The second-order valence-electron chi connectivity index (χ2n) is 6.10. The van der Waals surface area contributed by atoms with Gasteiger partial charge in [-0.2, -0.15) is 0 Å². The van der Waals surface area contributed by atoms with Gasteiger partial charge in [0, 0.05) is 38.0 Å². The minimum Gasteiger partial charge on any atom is -0.465 e. The third-order valence-corrected chi connectivity index (χ3v) is 5.45. The number of nitrogens with zero attached hydrogens (tertiary/aromatic N) is 2. The fraction of sp³-hybridized carbons (Fsp3) is 0.429. The zero-order chi connectivity index (χ0) is 17.6. The van der Waals surface area contributed by atoms with Crippen LogP contribution in [0, 0.1) is 17.7 Å². The van der Waals surface area contributed by atoms with Gasteiger partial charge in [0.1, 0.15) is 5.82 Å². The summed E-state index contributed by atoms with van der Waals surface area (Å²) in [6, 6.07) is 2.93. The number of primary sulfonamides is 1. The number of nitrogens with two attached hydrogens (primary N) is 1. The summed E-state index contributed by atoms with van der Waals surface area (Å²) in [4.78, 5) is 25.8. The number of amides is 2. The lowest BCUT2D eigenvalue weighted by molar-refractivity contribution is 0.0769. The predicted molar refractivity (Wildman–Crippen MR) is 80.3 cm³/mol. The first kappa shape index (κ1) is 16.7. The fourth-order valence-corrected chi connectivity index (χ4v) is 3.86. The lowest BCUT2D eigenvalue weighted by atomic mass is 10.0. The molecule has 0 aromatic heterocycles. The van der Waals surface area contributed by atoms with Crippen molar-refractivity contribution in [3.8, 4) is 0 Å². The molecule has 1 aromatic carbocycles. The maximum absolute atomic E-state index is 14.1. The molecule has 0 unspecified atom stereocenters. The minimum absolute atomic E-state index is 0.0387. The molecule has 2 aliphatic rings. The van der Waals surface area contributed by atoms with Crippen LogP contribution in [0.5, 0.6) is 0 Å². The number of fused-ring (bicyclic) bond motifs is 1. The highest BCUT2D eigenvalue weighted by atomic mass is 32.2. The number of halogens is 1. The number of carbonyl (C=O) groups is 2. The van der Waals surface area contributed by atoms with Gasteiger partial charge in [0.25, 0.3) is 5.91 Å². The number of hydrogen-bond donors (Lipinski definition) is 2. The molecule has 8 nitrogen and oxygen atoms in total. The van der Waals surface area contributed by atoms with Crippen molar-refractivity contribution < 1.29 is 27.5 Å². The van der Waals surface area contributed by atoms with E-state index < -0.39 is 32.7 Å². The van der Waals surface area contributed by atoms with Gasteiger partial charge >= 0.3 is 6.09 Å². The molecule has 1 aromatic rings. The third-order valence-electron chi connectivity index (χ3n) is 4.54. The second-order valence-corrected chi connectivity index (χ2v) is 7.67. The molecule has 2 aliphatic heterocycles. The highest BCUT2D eigenvalue weighted by Crippen LogP contribution is 2.32. The Balaban J connectivity index is 1.74. The molecule has 2 fully saturated rings. The van der Waals surface area contributed by atoms with E-state index in [-0.39, 0.29) is 17.4 Å². The molecule has 10 heteroatoms. The Kier molecular flexibility index (Phi) is 3.96. The van der Waals surface area contributed by atoms with Gasteiger partial charge in [-0.1, -0.05) is 0 Å². The predicted octanol–water partition coefficient (Wildman–Crippen LogP) is 0.155. The van der Waals surface area contributed by atoms with Crippen molar-refractivity contribution in [3.63, 3.8) is 0 Å². The normalized spacial score (nSPS) is 23.4. The van der Waals surface area contributed by atoms with Crippen molar-refractivity contribution in [2.24, 2.45) is 17.0 Å². The Labute approximate surface area is 137 Å². The van der Waals surface area contributed by atoms with Gasteiger partial charge < -0.3 is 14.9 Å². The summed E-state index contributed by atoms with van der Waals surface area (Å²) in [5.41, 5.74) is -0.225. The van der Waals surface area contributed by atoms with Crippen LogP contribution in [0.15, 0.2) is 23.1 Å². The number of carboxylic acid groups (broad SMARTS) is 1. The highest BCUT2D eigenvalue weighted by Gasteiger charge is 2.43. The van der Waals surface area contributed by atoms with Gasteiger partial charge in [-0.05, 0) is 18.2 Å². The molecule has 130 valence electrons. The molecule has 2 amide bonds. The quantitative estimate of drug-likeness (QED) is 0.781. The lowest BCUT2D eigenvalue weighted by Gasteiger charge is -2.20. The fourth-order valence-electron chi connectivity index (χ4n) is 3.33. The molecule has 2 heterocycles. The molecule has 3 rings (SSSR count). The molecule has 3 N–H and O–H groups in total. The van der Waals surface area contributed by atoms with E-state index in [0.717, 1.165) is 18.2 Å². The van der Waals surface area contributed by atoms with Gasteiger partial charge in [-0.3, -0.25) is 4.79 Å². The Morgan fingerprint density at radius 2 is 1.67 bits per heavy atom. The van der Waals surface area contributed by atoms with E-state index in [2.05, 4.69) is 0 Å². The maximum atomic E-state index is 14.1. The lowest BCUT2D eigenvalue weighted by Crippen LogP contribution is -2.35. The van der Waals surface area contributed by atoms with Crippen molar-refractivity contribution in [1.82, 2.24) is 9.80 Å². The van der Waals surface area contributed by atoms with Crippen LogP contribution in [0.1, 0.15) is 10.4 Å². The average molecular weight is 357 g/mol. The number of likely N-dealkylation sites (tertiary alicyclic amines) is 2. The van der Waals surface area contributed by atoms with Crippen LogP contribution in [0.3, 0.4) is 0 Å². The summed E-state index contributed by atoms with van der Waals surface area (Å²) < 4.78 is 36.5. The first-order valence-corrected chi connectivity index (χ1v) is 8.81. The topological polar surface area (TPSA) is 121 Å². The molecule has 2 atom stereocenters. The van der Waals surface area contributed by atoms with Crippen molar-refractivity contribution in [1.29, 1.82) is 0 Å². The van der Waals surface area contributed by atoms with Crippen LogP contribution in [0.25, 0.3) is 0 Å². The number of rotatable bonds is 2. The van der Waals surface area contributed by atoms with Crippen LogP contribution < -0.4 is 5.14 Å². The summed E-state index contributed by atoms with van der Waals surface area (Å²) in [5, 5.41) is 13.9. The Morgan fingerprint density at radius 1 is 1.12 bits per heavy atom. The van der Waals surface area contributed by atoms with Gasteiger partial charge in [-0.25, -0.2) is 22.7 Å². The second kappa shape index (κ2) is 5.71.